The van der Waals surface area contributed by atoms with Crippen LogP contribution in [0.1, 0.15) is 41.6 Å². The maximum Gasteiger partial charge on any atom is 0.416 e. The van der Waals surface area contributed by atoms with Gasteiger partial charge in [0.2, 0.25) is 5.88 Å². The van der Waals surface area contributed by atoms with E-state index in [0.717, 1.165) is 24.3 Å². The summed E-state index contributed by atoms with van der Waals surface area (Å²) in [5, 5.41) is 15.3. The summed E-state index contributed by atoms with van der Waals surface area (Å²) in [5.74, 6) is -2.09. The lowest BCUT2D eigenvalue weighted by atomic mass is 9.85. The highest BCUT2D eigenvalue weighted by molar-refractivity contribution is 6.04. The Balaban J connectivity index is 1.73. The molecule has 1 fully saturated rings. The Labute approximate surface area is 191 Å². The van der Waals surface area contributed by atoms with E-state index < -0.39 is 29.7 Å². The van der Waals surface area contributed by atoms with Gasteiger partial charge in [-0.3, -0.25) is 4.79 Å². The topological polar surface area (TPSA) is 86.6 Å². The number of benzene rings is 1. The van der Waals surface area contributed by atoms with E-state index in [2.05, 4.69) is 20.6 Å². The third kappa shape index (κ3) is 7.09. The molecule has 184 valence electrons. The van der Waals surface area contributed by atoms with E-state index in [9.17, 15) is 36.2 Å². The number of carbonyl (C=O) groups excluding carboxylic acids is 1. The van der Waals surface area contributed by atoms with Crippen LogP contribution in [-0.4, -0.2) is 40.6 Å². The van der Waals surface area contributed by atoms with Gasteiger partial charge in [-0.1, -0.05) is 6.07 Å². The summed E-state index contributed by atoms with van der Waals surface area (Å²) >= 11 is 0. The van der Waals surface area contributed by atoms with Crippen LogP contribution >= 0.6 is 0 Å². The molecule has 0 radical (unpaired) electrons. The first-order valence-electron chi connectivity index (χ1n) is 10.4. The maximum atomic E-state index is 12.9. The quantitative estimate of drug-likeness (QED) is 0.307. The van der Waals surface area contributed by atoms with Gasteiger partial charge >= 0.3 is 12.4 Å². The molecule has 12 heteroatoms. The molecule has 3 N–H and O–H groups in total. The van der Waals surface area contributed by atoms with Gasteiger partial charge in [0, 0.05) is 17.7 Å². The molecule has 0 aliphatic heterocycles. The lowest BCUT2D eigenvalue weighted by molar-refractivity contribution is -0.182. The molecule has 0 atom stereocenters. The number of pyridine rings is 1. The van der Waals surface area contributed by atoms with Gasteiger partial charge in [-0.05, 0) is 56.0 Å². The number of nitrogens with zero attached hydrogens (tertiary/aromatic N) is 2. The second-order valence-electron chi connectivity index (χ2n) is 7.91. The van der Waals surface area contributed by atoms with Gasteiger partial charge in [-0.2, -0.15) is 36.3 Å². The van der Waals surface area contributed by atoms with Crippen LogP contribution in [0.25, 0.3) is 0 Å². The largest absolute Gasteiger partial charge is 0.493 e. The van der Waals surface area contributed by atoms with Crippen molar-refractivity contribution in [2.75, 3.05) is 11.9 Å². The van der Waals surface area contributed by atoms with Crippen molar-refractivity contribution >= 4 is 17.6 Å². The number of anilines is 1. The van der Waals surface area contributed by atoms with Gasteiger partial charge in [0.05, 0.1) is 18.0 Å². The first kappa shape index (κ1) is 25.3. The molecule has 6 nitrogen and oxygen atoms in total. The third-order valence-corrected chi connectivity index (χ3v) is 5.43. The molecule has 0 unspecified atom stereocenters. The summed E-state index contributed by atoms with van der Waals surface area (Å²) < 4.78 is 77.1. The van der Waals surface area contributed by atoms with Gasteiger partial charge in [-0.25, -0.2) is 0 Å². The Bertz CT molecular complexity index is 1010. The lowest BCUT2D eigenvalue weighted by Crippen LogP contribution is -2.42. The van der Waals surface area contributed by atoms with Crippen LogP contribution in [0, 0.1) is 5.92 Å². The number of amides is 1. The molecular weight excluding hydrogens is 466 g/mol. The summed E-state index contributed by atoms with van der Waals surface area (Å²) in [6.07, 6.45) is -8.52. The Kier molecular flexibility index (Phi) is 7.68. The zero-order valence-corrected chi connectivity index (χ0v) is 17.7. The van der Waals surface area contributed by atoms with E-state index in [1.807, 2.05) is 0 Å². The number of rotatable bonds is 5. The van der Waals surface area contributed by atoms with Crippen LogP contribution in [0.2, 0.25) is 0 Å². The van der Waals surface area contributed by atoms with E-state index in [-0.39, 0.29) is 61.4 Å². The summed E-state index contributed by atoms with van der Waals surface area (Å²) in [6, 6.07) is 7.61. The van der Waals surface area contributed by atoms with Gasteiger partial charge in [-0.15, -0.1) is 0 Å². The summed E-state index contributed by atoms with van der Waals surface area (Å²) in [5.41, 5.74) is -0.993. The number of hydrogen-bond acceptors (Lipinski definition) is 4. The van der Waals surface area contributed by atoms with E-state index in [1.165, 1.54) is 12.1 Å². The smallest absolute Gasteiger partial charge is 0.416 e. The molecule has 0 bridgehead atoms. The Morgan fingerprint density at radius 1 is 1.00 bits per heavy atom. The van der Waals surface area contributed by atoms with Gasteiger partial charge < -0.3 is 15.7 Å². The third-order valence-electron chi connectivity index (χ3n) is 5.43. The number of aliphatic imine (C=N–C) groups is 1. The fourth-order valence-corrected chi connectivity index (χ4v) is 3.61. The highest BCUT2D eigenvalue weighted by atomic mass is 19.4. The van der Waals surface area contributed by atoms with Crippen molar-refractivity contribution in [3.8, 4) is 5.88 Å². The molecule has 1 aromatic heterocycles. The highest BCUT2D eigenvalue weighted by Gasteiger charge is 2.41. The van der Waals surface area contributed by atoms with Gasteiger partial charge in [0.25, 0.3) is 5.91 Å². The van der Waals surface area contributed by atoms with Crippen LogP contribution in [0.15, 0.2) is 47.5 Å². The minimum atomic E-state index is -4.55. The van der Waals surface area contributed by atoms with Gasteiger partial charge in [0.1, 0.15) is 11.7 Å². The highest BCUT2D eigenvalue weighted by Crippen LogP contribution is 2.37. The molecular formula is C22H22F6N4O2. The van der Waals surface area contributed by atoms with Crippen LogP contribution in [0.3, 0.4) is 0 Å². The second kappa shape index (κ2) is 10.3. The number of halogens is 6. The molecule has 1 aliphatic carbocycles. The Hall–Kier alpha value is -3.31. The molecule has 1 saturated carbocycles. The van der Waals surface area contributed by atoms with Gasteiger partial charge in [0.15, 0.2) is 0 Å². The molecule has 0 saturated heterocycles. The number of alkyl halides is 6. The van der Waals surface area contributed by atoms with E-state index in [0.29, 0.717) is 0 Å². The number of nitrogens with one attached hydrogen (secondary N) is 2. The second-order valence-corrected chi connectivity index (χ2v) is 7.91. The van der Waals surface area contributed by atoms with Crippen molar-refractivity contribution in [3.63, 3.8) is 0 Å². The molecule has 2 aromatic rings. The fraction of sp³-hybridized carbons (Fsp3) is 0.409. The minimum Gasteiger partial charge on any atom is -0.493 e. The monoisotopic (exact) mass is 488 g/mol. The van der Waals surface area contributed by atoms with Crippen LogP contribution < -0.4 is 10.6 Å². The molecule has 1 amide bonds. The molecule has 1 aromatic carbocycles. The Morgan fingerprint density at radius 2 is 1.65 bits per heavy atom. The predicted octanol–water partition coefficient (Wildman–Crippen LogP) is 5.17. The zero-order chi connectivity index (χ0) is 24.9. The SMILES string of the molecule is O=C(/N=C(\CNc1cccc(O)n1)NC1CCC(C(F)(F)F)CC1)c1ccc(C(F)(F)F)cc1. The van der Waals surface area contributed by atoms with Crippen molar-refractivity contribution in [3.05, 3.63) is 53.6 Å². The molecule has 1 aliphatic rings. The number of aromatic hydroxyl groups is 1. The summed E-state index contributed by atoms with van der Waals surface area (Å²) in [4.78, 5) is 20.4. The normalized spacial score (nSPS) is 19.5. The average molecular weight is 488 g/mol. The van der Waals surface area contributed by atoms with E-state index in [1.54, 1.807) is 6.07 Å². The first-order chi connectivity index (χ1) is 15.9. The minimum absolute atomic E-state index is 0.0666. The lowest BCUT2D eigenvalue weighted by Gasteiger charge is -2.31. The standard InChI is InChI=1S/C22H22F6N4O2/c23-21(24,25)14-6-4-13(5-7-14)20(34)32-18(12-29-17-2-1-3-19(33)31-17)30-16-10-8-15(9-11-16)22(26,27)28/h1-7,15-16H,8-12H2,(H2,29,31,33)(H,30,32,34). The van der Waals surface area contributed by atoms with Crippen molar-refractivity contribution < 1.29 is 36.2 Å². The van der Waals surface area contributed by atoms with E-state index >= 15 is 0 Å². The number of aromatic nitrogens is 1. The van der Waals surface area contributed by atoms with Crippen LogP contribution in [0.4, 0.5) is 32.2 Å². The number of carbonyl (C=O) groups is 1. The zero-order valence-electron chi connectivity index (χ0n) is 17.7. The fourth-order valence-electron chi connectivity index (χ4n) is 3.61. The molecule has 34 heavy (non-hydrogen) atoms. The van der Waals surface area contributed by atoms with Crippen molar-refractivity contribution in [2.24, 2.45) is 10.9 Å². The Morgan fingerprint density at radius 3 is 2.21 bits per heavy atom. The first-order valence-corrected chi connectivity index (χ1v) is 10.4. The molecule has 3 rings (SSSR count). The van der Waals surface area contributed by atoms with Crippen LogP contribution in [0.5, 0.6) is 5.88 Å². The summed E-state index contributed by atoms with van der Waals surface area (Å²) in [7, 11) is 0. The predicted molar refractivity (Wildman–Crippen MR) is 113 cm³/mol. The number of hydrogen-bond donors (Lipinski definition) is 3. The van der Waals surface area contributed by atoms with Crippen molar-refractivity contribution in [1.82, 2.24) is 10.3 Å². The summed E-state index contributed by atoms with van der Waals surface area (Å²) in [6.45, 7) is -0.0813. The molecule has 1 heterocycles. The maximum absolute atomic E-state index is 12.9. The van der Waals surface area contributed by atoms with Crippen molar-refractivity contribution in [1.29, 1.82) is 0 Å². The molecule has 0 spiro atoms. The van der Waals surface area contributed by atoms with E-state index in [4.69, 9.17) is 0 Å². The average Bonchev–Trinajstić information content (AvgIpc) is 2.77. The van der Waals surface area contributed by atoms with Crippen molar-refractivity contribution in [2.45, 2.75) is 44.1 Å². The van der Waals surface area contributed by atoms with Crippen LogP contribution in [-0.2, 0) is 6.18 Å². The number of amidine groups is 1.